The highest BCUT2D eigenvalue weighted by atomic mass is 16.4. The summed E-state index contributed by atoms with van der Waals surface area (Å²) in [5.74, 6) is -2.86. The largest absolute Gasteiger partial charge is 0.480 e. The molecule has 160 valence electrons. The Morgan fingerprint density at radius 1 is 0.931 bits per heavy atom. The van der Waals surface area contributed by atoms with Gasteiger partial charge in [0.25, 0.3) is 0 Å². The second-order valence-corrected chi connectivity index (χ2v) is 6.47. The molecular weight excluding hydrogens is 378 g/mol. The van der Waals surface area contributed by atoms with Gasteiger partial charge in [-0.3, -0.25) is 14.4 Å². The van der Waals surface area contributed by atoms with Gasteiger partial charge in [-0.1, -0.05) is 30.3 Å². The van der Waals surface area contributed by atoms with Crippen LogP contribution in [0.25, 0.3) is 0 Å². The molecular formula is C19H29N5O5. The number of carbonyl (C=O) groups excluding carboxylic acids is 3. The molecule has 0 heterocycles. The first kappa shape index (κ1) is 24.1. The number of rotatable bonds is 13. The van der Waals surface area contributed by atoms with Gasteiger partial charge in [-0.05, 0) is 31.4 Å². The summed E-state index contributed by atoms with van der Waals surface area (Å²) in [5, 5.41) is 16.5. The maximum absolute atomic E-state index is 12.5. The molecule has 0 aromatic heterocycles. The molecule has 2 atom stereocenters. The van der Waals surface area contributed by atoms with Crippen molar-refractivity contribution in [2.24, 2.45) is 11.5 Å². The first-order chi connectivity index (χ1) is 13.9. The maximum Gasteiger partial charge on any atom is 0.326 e. The minimum atomic E-state index is -1.15. The number of aliphatic carboxylic acids is 1. The van der Waals surface area contributed by atoms with Gasteiger partial charge in [0, 0.05) is 6.42 Å². The molecule has 1 aromatic carbocycles. The number of hydrogen-bond donors (Lipinski definition) is 6. The standard InChI is InChI=1S/C19H29N5O5/c20-9-5-4-8-14(19(28)29)23-17(26)12-22-18(27)15(24-16(25)11-21)10-13-6-2-1-3-7-13/h1-3,6-7,14-15H,4-5,8-12,20-21H2,(H,22,27)(H,23,26)(H,24,25)(H,28,29). The molecule has 0 aliphatic rings. The summed E-state index contributed by atoms with van der Waals surface area (Å²) in [4.78, 5) is 47.4. The average Bonchev–Trinajstić information content (AvgIpc) is 2.71. The quantitative estimate of drug-likeness (QED) is 0.215. The first-order valence-corrected chi connectivity index (χ1v) is 9.40. The predicted molar refractivity (Wildman–Crippen MR) is 107 cm³/mol. The number of unbranched alkanes of at least 4 members (excludes halogenated alkanes) is 1. The second-order valence-electron chi connectivity index (χ2n) is 6.47. The zero-order valence-corrected chi connectivity index (χ0v) is 16.2. The van der Waals surface area contributed by atoms with Crippen LogP contribution >= 0.6 is 0 Å². The second kappa shape index (κ2) is 13.2. The Balaban J connectivity index is 2.62. The van der Waals surface area contributed by atoms with Gasteiger partial charge in [0.1, 0.15) is 12.1 Å². The predicted octanol–water partition coefficient (Wildman–Crippen LogP) is -1.51. The molecule has 3 amide bonds. The fourth-order valence-electron chi connectivity index (χ4n) is 2.60. The molecule has 0 radical (unpaired) electrons. The number of carboxylic acids is 1. The zero-order chi connectivity index (χ0) is 21.6. The molecule has 0 saturated heterocycles. The molecule has 10 heteroatoms. The van der Waals surface area contributed by atoms with E-state index >= 15 is 0 Å². The van der Waals surface area contributed by atoms with Crippen LogP contribution in [0.4, 0.5) is 0 Å². The van der Waals surface area contributed by atoms with Crippen LogP contribution in [0.2, 0.25) is 0 Å². The Morgan fingerprint density at radius 3 is 2.17 bits per heavy atom. The van der Waals surface area contributed by atoms with Crippen molar-refractivity contribution in [2.75, 3.05) is 19.6 Å². The van der Waals surface area contributed by atoms with Crippen molar-refractivity contribution in [1.29, 1.82) is 0 Å². The van der Waals surface area contributed by atoms with Gasteiger partial charge in [0.15, 0.2) is 0 Å². The Hall–Kier alpha value is -2.98. The van der Waals surface area contributed by atoms with Crippen molar-refractivity contribution in [3.63, 3.8) is 0 Å². The molecule has 1 aromatic rings. The number of hydrogen-bond acceptors (Lipinski definition) is 6. The summed E-state index contributed by atoms with van der Waals surface area (Å²) in [7, 11) is 0. The van der Waals surface area contributed by atoms with Gasteiger partial charge < -0.3 is 32.5 Å². The molecule has 0 aliphatic carbocycles. The van der Waals surface area contributed by atoms with Crippen LogP contribution in [0.15, 0.2) is 30.3 Å². The third kappa shape index (κ3) is 9.67. The molecule has 10 nitrogen and oxygen atoms in total. The van der Waals surface area contributed by atoms with Crippen molar-refractivity contribution >= 4 is 23.7 Å². The molecule has 0 aliphatic heterocycles. The number of benzene rings is 1. The Labute approximate surface area is 169 Å². The summed E-state index contributed by atoms with van der Waals surface area (Å²) in [6, 6.07) is 7.08. The van der Waals surface area contributed by atoms with Gasteiger partial charge in [-0.15, -0.1) is 0 Å². The first-order valence-electron chi connectivity index (χ1n) is 9.40. The molecule has 0 fully saturated rings. The number of carboxylic acid groups (broad SMARTS) is 1. The molecule has 0 saturated carbocycles. The molecule has 2 unspecified atom stereocenters. The summed E-state index contributed by atoms with van der Waals surface area (Å²) in [6.07, 6.45) is 1.68. The number of nitrogens with two attached hydrogens (primary N) is 2. The molecule has 0 bridgehead atoms. The van der Waals surface area contributed by atoms with Crippen molar-refractivity contribution in [3.05, 3.63) is 35.9 Å². The lowest BCUT2D eigenvalue weighted by atomic mass is 10.1. The van der Waals surface area contributed by atoms with Crippen LogP contribution in [0.3, 0.4) is 0 Å². The van der Waals surface area contributed by atoms with E-state index in [0.29, 0.717) is 19.4 Å². The lowest BCUT2D eigenvalue weighted by molar-refractivity contribution is -0.142. The van der Waals surface area contributed by atoms with Crippen LogP contribution in [0.5, 0.6) is 0 Å². The van der Waals surface area contributed by atoms with E-state index in [0.717, 1.165) is 5.56 Å². The van der Waals surface area contributed by atoms with Gasteiger partial charge in [-0.25, -0.2) is 4.79 Å². The van der Waals surface area contributed by atoms with Gasteiger partial charge in [0.05, 0.1) is 13.1 Å². The van der Waals surface area contributed by atoms with Crippen molar-refractivity contribution in [2.45, 2.75) is 37.8 Å². The molecule has 0 spiro atoms. The lowest BCUT2D eigenvalue weighted by Crippen LogP contribution is -2.52. The minimum Gasteiger partial charge on any atom is -0.480 e. The summed E-state index contributed by atoms with van der Waals surface area (Å²) >= 11 is 0. The molecule has 1 rings (SSSR count). The van der Waals surface area contributed by atoms with E-state index in [9.17, 15) is 24.3 Å². The number of amides is 3. The highest BCUT2D eigenvalue weighted by molar-refractivity contribution is 5.92. The van der Waals surface area contributed by atoms with E-state index in [-0.39, 0.29) is 19.4 Å². The van der Waals surface area contributed by atoms with Crippen LogP contribution in [0.1, 0.15) is 24.8 Å². The van der Waals surface area contributed by atoms with Gasteiger partial charge >= 0.3 is 5.97 Å². The highest BCUT2D eigenvalue weighted by Crippen LogP contribution is 2.04. The average molecular weight is 407 g/mol. The van der Waals surface area contributed by atoms with Gasteiger partial charge in [-0.2, -0.15) is 0 Å². The van der Waals surface area contributed by atoms with Crippen LogP contribution in [-0.2, 0) is 25.6 Å². The third-order valence-corrected chi connectivity index (χ3v) is 4.12. The van der Waals surface area contributed by atoms with E-state index in [1.54, 1.807) is 24.3 Å². The lowest BCUT2D eigenvalue weighted by Gasteiger charge is -2.19. The van der Waals surface area contributed by atoms with Crippen molar-refractivity contribution < 1.29 is 24.3 Å². The third-order valence-electron chi connectivity index (χ3n) is 4.12. The topological polar surface area (TPSA) is 177 Å². The van der Waals surface area contributed by atoms with E-state index in [1.165, 1.54) is 0 Å². The molecule has 29 heavy (non-hydrogen) atoms. The Bertz CT molecular complexity index is 683. The fourth-order valence-corrected chi connectivity index (χ4v) is 2.60. The van der Waals surface area contributed by atoms with E-state index in [1.807, 2.05) is 6.07 Å². The fraction of sp³-hybridized carbons (Fsp3) is 0.474. The Morgan fingerprint density at radius 2 is 1.59 bits per heavy atom. The zero-order valence-electron chi connectivity index (χ0n) is 16.2. The van der Waals surface area contributed by atoms with Crippen LogP contribution in [0, 0.1) is 0 Å². The molecule has 8 N–H and O–H groups in total. The SMILES string of the molecule is NCCCCC(NC(=O)CNC(=O)C(Cc1ccccc1)NC(=O)CN)C(=O)O. The Kier molecular flexibility index (Phi) is 11.0. The van der Waals surface area contributed by atoms with E-state index in [2.05, 4.69) is 16.0 Å². The van der Waals surface area contributed by atoms with E-state index in [4.69, 9.17) is 11.5 Å². The number of carbonyl (C=O) groups is 4. The van der Waals surface area contributed by atoms with E-state index < -0.39 is 42.3 Å². The van der Waals surface area contributed by atoms with Crippen molar-refractivity contribution in [3.8, 4) is 0 Å². The minimum absolute atomic E-state index is 0.219. The highest BCUT2D eigenvalue weighted by Gasteiger charge is 2.23. The summed E-state index contributed by atoms with van der Waals surface area (Å²) in [6.45, 7) is -0.251. The summed E-state index contributed by atoms with van der Waals surface area (Å²) in [5.41, 5.74) is 11.5. The number of nitrogens with one attached hydrogen (secondary N) is 3. The van der Waals surface area contributed by atoms with Crippen molar-refractivity contribution in [1.82, 2.24) is 16.0 Å². The smallest absolute Gasteiger partial charge is 0.326 e. The van der Waals surface area contributed by atoms with Crippen LogP contribution in [-0.4, -0.2) is 60.5 Å². The summed E-state index contributed by atoms with van der Waals surface area (Å²) < 4.78 is 0. The van der Waals surface area contributed by atoms with Crippen LogP contribution < -0.4 is 27.4 Å². The monoisotopic (exact) mass is 407 g/mol. The maximum atomic E-state index is 12.5. The van der Waals surface area contributed by atoms with Gasteiger partial charge in [0.2, 0.25) is 17.7 Å². The normalized spacial score (nSPS) is 12.5.